The summed E-state index contributed by atoms with van der Waals surface area (Å²) in [5.74, 6) is -0.464. The van der Waals surface area contributed by atoms with Crippen LogP contribution in [0.25, 0.3) is 0 Å². The van der Waals surface area contributed by atoms with E-state index in [1.807, 2.05) is 55.4 Å². The van der Waals surface area contributed by atoms with Crippen molar-refractivity contribution in [1.82, 2.24) is 7.06 Å². The van der Waals surface area contributed by atoms with Crippen molar-refractivity contribution in [3.63, 3.8) is 0 Å². The molecule has 10 heteroatoms. The third-order valence-corrected chi connectivity index (χ3v) is 17.1. The molecule has 0 aromatic carbocycles. The van der Waals surface area contributed by atoms with E-state index < -0.39 is 48.9 Å². The average Bonchev–Trinajstić information content (AvgIpc) is 3.64. The number of carbonyl (C=O) groups is 1. The summed E-state index contributed by atoms with van der Waals surface area (Å²) in [7, 11) is 0. The number of carbonyl (C=O) groups excluding carboxylic acids is 1. The molecule has 4 aliphatic rings. The van der Waals surface area contributed by atoms with E-state index in [9.17, 15) is 25.2 Å². The average molecular weight is 765 g/mol. The molecule has 2 saturated heterocycles. The molecule has 8 nitrogen and oxygen atoms in total. The number of aliphatic hydroxyl groups is 4. The Labute approximate surface area is 250 Å². The first kappa shape index (κ1) is 31.6. The molecule has 0 amide bonds. The van der Waals surface area contributed by atoms with Crippen LogP contribution >= 0.6 is 43.0 Å². The van der Waals surface area contributed by atoms with Crippen LogP contribution in [0.1, 0.15) is 93.9 Å². The Bertz CT molecular complexity index is 790. The normalized spacial score (nSPS) is 36.2. The van der Waals surface area contributed by atoms with Gasteiger partial charge >= 0.3 is 251 Å². The molecule has 0 radical (unpaired) electrons. The fraction of sp³-hybridized carbons (Fsp3) is 0.964. The van der Waals surface area contributed by atoms with Crippen molar-refractivity contribution >= 4 is 48.9 Å². The van der Waals surface area contributed by atoms with E-state index >= 15 is 0 Å². The van der Waals surface area contributed by atoms with Gasteiger partial charge in [-0.3, -0.25) is 0 Å². The summed E-state index contributed by atoms with van der Waals surface area (Å²) >= 11 is 0.872. The van der Waals surface area contributed by atoms with Gasteiger partial charge in [0.15, 0.2) is 0 Å². The molecule has 4 rings (SSSR count). The van der Waals surface area contributed by atoms with Crippen molar-refractivity contribution in [1.29, 1.82) is 0 Å². The van der Waals surface area contributed by atoms with Gasteiger partial charge in [0.25, 0.3) is 0 Å². The summed E-state index contributed by atoms with van der Waals surface area (Å²) in [6.07, 6.45) is 3.84. The predicted molar refractivity (Wildman–Crippen MR) is 165 cm³/mol. The van der Waals surface area contributed by atoms with Gasteiger partial charge in [-0.1, -0.05) is 0 Å². The number of rotatable bonds is 9. The van der Waals surface area contributed by atoms with Gasteiger partial charge in [0.2, 0.25) is 0 Å². The summed E-state index contributed by atoms with van der Waals surface area (Å²) in [6.45, 7) is 14.7. The number of nitrogens with one attached hydrogen (secondary N) is 2. The number of halogens is 2. The van der Waals surface area contributed by atoms with Crippen LogP contribution in [0.2, 0.25) is 0 Å². The van der Waals surface area contributed by atoms with Gasteiger partial charge in [-0.25, -0.2) is 0 Å². The van der Waals surface area contributed by atoms with Crippen molar-refractivity contribution in [2.24, 2.45) is 35.5 Å². The van der Waals surface area contributed by atoms with Gasteiger partial charge in [-0.2, -0.15) is 0 Å². The van der Waals surface area contributed by atoms with Crippen LogP contribution in [0.4, 0.5) is 0 Å². The maximum atomic E-state index is 13.6. The quantitative estimate of drug-likeness (QED) is 0.0515. The number of alkyl halides is 2. The molecule has 5 unspecified atom stereocenters. The van der Waals surface area contributed by atoms with Crippen LogP contribution in [0.15, 0.2) is 0 Å². The van der Waals surface area contributed by atoms with E-state index in [4.69, 9.17) is 4.74 Å². The van der Waals surface area contributed by atoms with E-state index in [-0.39, 0.29) is 49.1 Å². The Morgan fingerprint density at radius 3 is 1.26 bits per heavy atom. The van der Waals surface area contributed by atoms with Crippen LogP contribution < -0.4 is 7.06 Å². The molecule has 0 aromatic heterocycles. The van der Waals surface area contributed by atoms with Gasteiger partial charge in [0.05, 0.1) is 0 Å². The zero-order valence-corrected chi connectivity index (χ0v) is 28.5. The molecule has 4 fully saturated rings. The van der Waals surface area contributed by atoms with E-state index in [0.29, 0.717) is 38.5 Å². The van der Waals surface area contributed by atoms with E-state index in [1.165, 1.54) is 0 Å². The zero-order chi connectivity index (χ0) is 28.6. The molecule has 38 heavy (non-hydrogen) atoms. The first-order chi connectivity index (χ1) is 17.1. The zero-order valence-electron chi connectivity index (χ0n) is 24.2. The molecule has 6 N–H and O–H groups in total. The Balaban J connectivity index is 1.67. The van der Waals surface area contributed by atoms with Crippen molar-refractivity contribution < 1.29 is 30.0 Å². The summed E-state index contributed by atoms with van der Waals surface area (Å²) in [6, 6.07) is 0. The maximum absolute atomic E-state index is 13.6. The fourth-order valence-electron chi connectivity index (χ4n) is 6.93. The van der Waals surface area contributed by atoms with Gasteiger partial charge in [-0.15, -0.1) is 0 Å². The number of ether oxygens (including phenoxy) is 1. The molecular weight excluding hydrogens is 714 g/mol. The molecule has 2 aliphatic heterocycles. The first-order valence-electron chi connectivity index (χ1n) is 14.1. The summed E-state index contributed by atoms with van der Waals surface area (Å²) < 4.78 is 12.9. The second kappa shape index (κ2) is 10.4. The van der Waals surface area contributed by atoms with Crippen molar-refractivity contribution in [2.45, 2.75) is 130 Å². The fourth-order valence-corrected chi connectivity index (χ4v) is 14.3. The third kappa shape index (κ3) is 6.83. The Morgan fingerprint density at radius 1 is 0.737 bits per heavy atom. The van der Waals surface area contributed by atoms with Crippen molar-refractivity contribution in [3.05, 3.63) is 0 Å². The van der Waals surface area contributed by atoms with Crippen LogP contribution in [0.3, 0.4) is 0 Å². The number of hydrogen-bond acceptors (Lipinski definition) is 8. The Morgan fingerprint density at radius 2 is 1.03 bits per heavy atom. The molecule has 2 heterocycles. The molecular formula is C28H50I2N2O6. The molecule has 0 bridgehead atoms. The van der Waals surface area contributed by atoms with Gasteiger partial charge in [0.1, 0.15) is 0 Å². The van der Waals surface area contributed by atoms with E-state index in [2.05, 4.69) is 29.7 Å². The summed E-state index contributed by atoms with van der Waals surface area (Å²) in [4.78, 5) is 13.6. The first-order valence-corrected chi connectivity index (χ1v) is 18.6. The SMILES string of the molecule is CC(C)(O)C1CC(C(OC(=O)C(I)C23NI2N3)C2CC(C(C)(C)O)CC(C(C)(C)O)C2)CC(C(C)(C)O)C1. The van der Waals surface area contributed by atoms with Gasteiger partial charge < -0.3 is 0 Å². The minimum absolute atomic E-state index is 0.0383. The Kier molecular flexibility index (Phi) is 8.69. The van der Waals surface area contributed by atoms with E-state index in [1.54, 1.807) is 0 Å². The van der Waals surface area contributed by atoms with Crippen molar-refractivity contribution in [2.75, 3.05) is 0 Å². The predicted octanol–water partition coefficient (Wildman–Crippen LogP) is 4.05. The topological polar surface area (TPSA) is 151 Å². The summed E-state index contributed by atoms with van der Waals surface area (Å²) in [5.41, 5.74) is -3.69. The Hall–Kier alpha value is 0.690. The van der Waals surface area contributed by atoms with Gasteiger partial charge in [-0.05, 0) is 0 Å². The van der Waals surface area contributed by atoms with Gasteiger partial charge in [0, 0.05) is 0 Å². The van der Waals surface area contributed by atoms with Crippen LogP contribution in [-0.4, -0.2) is 62.5 Å². The van der Waals surface area contributed by atoms with Crippen molar-refractivity contribution in [3.8, 4) is 0 Å². The van der Waals surface area contributed by atoms with Crippen LogP contribution in [0, 0.1) is 35.5 Å². The summed E-state index contributed by atoms with van der Waals surface area (Å²) in [5, 5.41) is 44.2. The number of hydrogen-bond donors (Lipinski definition) is 6. The van der Waals surface area contributed by atoms with Crippen LogP contribution in [-0.2, 0) is 9.53 Å². The standard InChI is InChI=1S/C28H50I2N2O6/c1-24(2,34)17-9-15(10-18(13-17)25(3,4)35)21(38-23(33)22(29)28-30(31-28)32-28)16-11-19(26(5,6)36)14-20(12-16)27(7,8)37/h15-22,31-32,34-37H,9-14H2,1-8H3. The third-order valence-electron chi connectivity index (χ3n) is 9.91. The molecule has 2 aliphatic carbocycles. The second-order valence-corrected chi connectivity index (χ2v) is 20.4. The molecule has 5 atom stereocenters. The molecule has 0 aromatic rings. The molecule has 2 saturated carbocycles. The number of fused-ring (bicyclic) bond motifs is 1. The molecule has 222 valence electrons. The number of esters is 1. The van der Waals surface area contributed by atoms with Crippen LogP contribution in [0.5, 0.6) is 0 Å². The second-order valence-electron chi connectivity index (χ2n) is 14.8. The monoisotopic (exact) mass is 764 g/mol. The van der Waals surface area contributed by atoms with E-state index in [0.717, 1.165) is 0 Å². The minimum atomic E-state index is -1.33. The molecule has 0 spiro atoms.